The molecule has 0 spiro atoms. The van der Waals surface area contributed by atoms with Gasteiger partial charge in [-0.3, -0.25) is 0 Å². The third-order valence-electron chi connectivity index (χ3n) is 3.68. The van der Waals surface area contributed by atoms with E-state index in [0.29, 0.717) is 22.6 Å². The minimum Gasteiger partial charge on any atom is -0.493 e. The topological polar surface area (TPSA) is 91.3 Å². The lowest BCUT2D eigenvalue weighted by atomic mass is 10.2. The van der Waals surface area contributed by atoms with Crippen LogP contribution >= 0.6 is 0 Å². The predicted molar refractivity (Wildman–Crippen MR) is 137 cm³/mol. The molecule has 188 valence electrons. The van der Waals surface area contributed by atoms with E-state index >= 15 is 0 Å². The largest absolute Gasteiger partial charge is 0.493 e. The Bertz CT molecular complexity index is 835. The van der Waals surface area contributed by atoms with Crippen molar-refractivity contribution in [1.29, 1.82) is 0 Å². The fourth-order valence-electron chi connectivity index (χ4n) is 2.16. The van der Waals surface area contributed by atoms with Crippen molar-refractivity contribution in [2.75, 3.05) is 27.4 Å². The zero-order valence-electron chi connectivity index (χ0n) is 21.1. The average molecular weight is 475 g/mol. The highest BCUT2D eigenvalue weighted by Gasteiger charge is 2.14. The third kappa shape index (κ3) is 13.8. The fraction of sp³-hybridized carbons (Fsp3) is 0.333. The summed E-state index contributed by atoms with van der Waals surface area (Å²) in [7, 11) is 3.04. The molecule has 0 saturated carbocycles. The molecule has 0 aliphatic carbocycles. The number of aliphatic hydroxyl groups excluding tert-OH is 1. The predicted octanol–water partition coefficient (Wildman–Crippen LogP) is 5.07. The van der Waals surface area contributed by atoms with Gasteiger partial charge in [0.1, 0.15) is 6.61 Å². The first-order valence-electron chi connectivity index (χ1n) is 11.0. The van der Waals surface area contributed by atoms with E-state index in [9.17, 15) is 14.7 Å². The maximum atomic E-state index is 11.9. The van der Waals surface area contributed by atoms with Gasteiger partial charge in [-0.05, 0) is 35.4 Å². The highest BCUT2D eigenvalue weighted by atomic mass is 16.6. The molecule has 7 heteroatoms. The van der Waals surface area contributed by atoms with Gasteiger partial charge in [0.05, 0.1) is 20.8 Å². The summed E-state index contributed by atoms with van der Waals surface area (Å²) in [6.07, 6.45) is 9.19. The van der Waals surface area contributed by atoms with Gasteiger partial charge in [-0.15, -0.1) is 0 Å². The van der Waals surface area contributed by atoms with Gasteiger partial charge >= 0.3 is 11.9 Å². The van der Waals surface area contributed by atoms with Gasteiger partial charge in [0.2, 0.25) is 0 Å². The van der Waals surface area contributed by atoms with Crippen LogP contribution in [0.4, 0.5) is 0 Å². The number of aliphatic hydroxyl groups is 1. The number of carbonyl (C=O) groups excluding carboxylic acids is 2. The maximum absolute atomic E-state index is 11.9. The van der Waals surface area contributed by atoms with Crippen molar-refractivity contribution in [3.8, 4) is 11.5 Å². The van der Waals surface area contributed by atoms with Crippen molar-refractivity contribution in [3.63, 3.8) is 0 Å². The number of hydrogen-bond acceptors (Lipinski definition) is 7. The lowest BCUT2D eigenvalue weighted by Crippen LogP contribution is -2.27. The van der Waals surface area contributed by atoms with Crippen LogP contribution in [0.1, 0.15) is 33.3 Å². The maximum Gasteiger partial charge on any atom is 0.331 e. The Morgan fingerprint density at radius 2 is 1.62 bits per heavy atom. The first kappa shape index (κ1) is 32.6. The second-order valence-corrected chi connectivity index (χ2v) is 5.76. The van der Waals surface area contributed by atoms with Crippen LogP contribution in [-0.2, 0) is 19.1 Å². The van der Waals surface area contributed by atoms with Crippen LogP contribution < -0.4 is 9.47 Å². The van der Waals surface area contributed by atoms with E-state index in [2.05, 4.69) is 13.2 Å². The molecule has 0 amide bonds. The molecule has 0 aromatic heterocycles. The monoisotopic (exact) mass is 474 g/mol. The number of esters is 2. The zero-order chi connectivity index (χ0) is 26.4. The van der Waals surface area contributed by atoms with Gasteiger partial charge in [-0.25, -0.2) is 9.59 Å². The van der Waals surface area contributed by atoms with Crippen LogP contribution in [0.15, 0.2) is 73.4 Å². The normalized spacial score (nSPS) is 11.3. The SMILES string of the molecule is C=C/C=C(C=C)/C=C/C(=O)OC(CO)COC(=O)/C=C/c1ccc(OC)c(OC)c1.CC.CC. The molecule has 0 bridgehead atoms. The van der Waals surface area contributed by atoms with Crippen LogP contribution in [0.5, 0.6) is 11.5 Å². The number of allylic oxidation sites excluding steroid dienone is 5. The lowest BCUT2D eigenvalue weighted by Gasteiger charge is -2.13. The molecule has 34 heavy (non-hydrogen) atoms. The Kier molecular flexibility index (Phi) is 20.4. The molecule has 7 nitrogen and oxygen atoms in total. The number of methoxy groups -OCH3 is 2. The van der Waals surface area contributed by atoms with Gasteiger partial charge in [0, 0.05) is 12.2 Å². The van der Waals surface area contributed by atoms with E-state index in [1.54, 1.807) is 36.4 Å². The summed E-state index contributed by atoms with van der Waals surface area (Å²) >= 11 is 0. The molecule has 0 radical (unpaired) electrons. The van der Waals surface area contributed by atoms with Crippen LogP contribution in [0.25, 0.3) is 6.08 Å². The first-order valence-corrected chi connectivity index (χ1v) is 11.0. The molecule has 0 aliphatic heterocycles. The van der Waals surface area contributed by atoms with Crippen molar-refractivity contribution in [2.45, 2.75) is 33.8 Å². The quantitative estimate of drug-likeness (QED) is 0.257. The molecule has 0 heterocycles. The van der Waals surface area contributed by atoms with Gasteiger partial charge in [0.15, 0.2) is 17.6 Å². The highest BCUT2D eigenvalue weighted by Crippen LogP contribution is 2.27. The minimum atomic E-state index is -0.990. The molecule has 1 unspecified atom stereocenters. The molecular weight excluding hydrogens is 436 g/mol. The van der Waals surface area contributed by atoms with E-state index in [1.807, 2.05) is 27.7 Å². The Balaban J connectivity index is 0. The van der Waals surface area contributed by atoms with Gasteiger partial charge in [-0.2, -0.15) is 0 Å². The van der Waals surface area contributed by atoms with Crippen molar-refractivity contribution >= 4 is 18.0 Å². The van der Waals surface area contributed by atoms with E-state index in [-0.39, 0.29) is 6.61 Å². The second kappa shape index (κ2) is 21.3. The Morgan fingerprint density at radius 3 is 2.15 bits per heavy atom. The Morgan fingerprint density at radius 1 is 0.971 bits per heavy atom. The van der Waals surface area contributed by atoms with Gasteiger partial charge < -0.3 is 24.1 Å². The Labute approximate surface area is 203 Å². The lowest BCUT2D eigenvalue weighted by molar-refractivity contribution is -0.154. The second-order valence-electron chi connectivity index (χ2n) is 5.76. The van der Waals surface area contributed by atoms with Crippen LogP contribution in [0.3, 0.4) is 0 Å². The molecule has 0 fully saturated rings. The Hall–Kier alpha value is -3.58. The molecule has 1 atom stereocenters. The summed E-state index contributed by atoms with van der Waals surface area (Å²) in [6.45, 7) is 14.4. The van der Waals surface area contributed by atoms with Crippen LogP contribution in [-0.4, -0.2) is 50.6 Å². The summed E-state index contributed by atoms with van der Waals surface area (Å²) in [5.41, 5.74) is 1.36. The van der Waals surface area contributed by atoms with Crippen molar-refractivity contribution in [1.82, 2.24) is 0 Å². The third-order valence-corrected chi connectivity index (χ3v) is 3.68. The van der Waals surface area contributed by atoms with E-state index in [1.165, 1.54) is 38.5 Å². The summed E-state index contributed by atoms with van der Waals surface area (Å²) in [4.78, 5) is 23.7. The van der Waals surface area contributed by atoms with Crippen LogP contribution in [0.2, 0.25) is 0 Å². The van der Waals surface area contributed by atoms with Crippen LogP contribution in [0, 0.1) is 0 Å². The minimum absolute atomic E-state index is 0.290. The van der Waals surface area contributed by atoms with E-state index < -0.39 is 24.6 Å². The summed E-state index contributed by atoms with van der Waals surface area (Å²) in [6, 6.07) is 5.15. The molecule has 1 N–H and O–H groups in total. The number of benzene rings is 1. The number of ether oxygens (including phenoxy) is 4. The summed E-state index contributed by atoms with van der Waals surface area (Å²) < 4.78 is 20.4. The molecule has 1 aromatic rings. The average Bonchev–Trinajstić information content (AvgIpc) is 2.89. The van der Waals surface area contributed by atoms with Gasteiger partial charge in [0.25, 0.3) is 0 Å². The molecule has 1 rings (SSSR count). The summed E-state index contributed by atoms with van der Waals surface area (Å²) in [5.74, 6) is -0.254. The van der Waals surface area contributed by atoms with Crippen molar-refractivity contribution in [2.24, 2.45) is 0 Å². The standard InChI is InChI=1S/C23H26O7.2C2H6/c1-5-7-17(6-2)9-13-23(26)30-19(15-24)16-29-22(25)12-10-18-8-11-20(27-3)21(14-18)28-4;2*1-2/h5-14,19,24H,1-2,15-16H2,3-4H3;2*1-2H3/b12-10+,13-9+,17-7+;;. The smallest absolute Gasteiger partial charge is 0.331 e. The molecule has 0 saturated heterocycles. The zero-order valence-corrected chi connectivity index (χ0v) is 21.1. The molecule has 1 aromatic carbocycles. The molecular formula is C27H38O7. The first-order chi connectivity index (χ1) is 16.5. The fourth-order valence-corrected chi connectivity index (χ4v) is 2.16. The number of rotatable bonds is 12. The number of hydrogen-bond donors (Lipinski definition) is 1. The number of carbonyl (C=O) groups is 2. The molecule has 0 aliphatic rings. The van der Waals surface area contributed by atoms with Crippen molar-refractivity contribution in [3.05, 3.63) is 78.9 Å². The highest BCUT2D eigenvalue weighted by molar-refractivity contribution is 5.87. The van der Waals surface area contributed by atoms with Gasteiger partial charge in [-0.1, -0.05) is 65.1 Å². The summed E-state index contributed by atoms with van der Waals surface area (Å²) in [5, 5.41) is 9.33. The van der Waals surface area contributed by atoms with Crippen molar-refractivity contribution < 1.29 is 33.6 Å². The van der Waals surface area contributed by atoms with E-state index in [0.717, 1.165) is 0 Å². The van der Waals surface area contributed by atoms with E-state index in [4.69, 9.17) is 18.9 Å².